The summed E-state index contributed by atoms with van der Waals surface area (Å²) in [6, 6.07) is 5.48. The maximum atomic E-state index is 12.8. The molecule has 1 aromatic rings. The number of allylic oxidation sites excluding steroid dienone is 2. The van der Waals surface area contributed by atoms with Crippen LogP contribution >= 0.6 is 0 Å². The van der Waals surface area contributed by atoms with Crippen molar-refractivity contribution in [3.63, 3.8) is 0 Å². The first kappa shape index (κ1) is 13.2. The fourth-order valence-electron chi connectivity index (χ4n) is 4.91. The minimum atomic E-state index is -0.191. The zero-order valence-electron chi connectivity index (χ0n) is 12.7. The van der Waals surface area contributed by atoms with Crippen LogP contribution in [-0.4, -0.2) is 17.6 Å². The van der Waals surface area contributed by atoms with Crippen LogP contribution in [0.1, 0.15) is 35.2 Å². The number of nitrogens with zero attached hydrogens (tertiary/aromatic N) is 1. The van der Waals surface area contributed by atoms with E-state index >= 15 is 0 Å². The van der Waals surface area contributed by atoms with Crippen molar-refractivity contribution in [1.82, 2.24) is 0 Å². The lowest BCUT2D eigenvalue weighted by molar-refractivity contribution is -0.123. The summed E-state index contributed by atoms with van der Waals surface area (Å²) in [5.41, 5.74) is 2.29. The van der Waals surface area contributed by atoms with Crippen molar-refractivity contribution in [3.05, 3.63) is 41.5 Å². The van der Waals surface area contributed by atoms with Crippen LogP contribution in [0.5, 0.6) is 0 Å². The van der Waals surface area contributed by atoms with Gasteiger partial charge in [-0.2, -0.15) is 0 Å². The van der Waals surface area contributed by atoms with E-state index in [0.717, 1.165) is 24.8 Å². The molecule has 0 spiro atoms. The molecule has 1 unspecified atom stereocenters. The van der Waals surface area contributed by atoms with Gasteiger partial charge in [0.15, 0.2) is 5.78 Å². The topological polar surface area (TPSA) is 54.5 Å². The van der Waals surface area contributed by atoms with Crippen LogP contribution in [0.4, 0.5) is 5.69 Å². The van der Waals surface area contributed by atoms with E-state index in [0.29, 0.717) is 17.7 Å². The Kier molecular flexibility index (Phi) is 2.53. The molecule has 23 heavy (non-hydrogen) atoms. The zero-order chi connectivity index (χ0) is 15.7. The Labute approximate surface area is 134 Å². The highest BCUT2D eigenvalue weighted by molar-refractivity contribution is 6.23. The van der Waals surface area contributed by atoms with Gasteiger partial charge >= 0.3 is 0 Å². The summed E-state index contributed by atoms with van der Waals surface area (Å²) < 4.78 is 0. The number of amides is 2. The summed E-state index contributed by atoms with van der Waals surface area (Å²) in [5.74, 6) is -0.000807. The molecular weight excluding hydrogens is 290 g/mol. The Morgan fingerprint density at radius 1 is 0.913 bits per heavy atom. The lowest BCUT2D eigenvalue weighted by Gasteiger charge is -2.21. The van der Waals surface area contributed by atoms with E-state index in [1.807, 2.05) is 12.1 Å². The first-order valence-electron chi connectivity index (χ1n) is 8.37. The smallest absolute Gasteiger partial charge is 0.238 e. The van der Waals surface area contributed by atoms with E-state index in [1.54, 1.807) is 6.07 Å². The standard InChI is InChI=1S/C19H17NO3/c21-15-3-1-2-10-6-7-13(9-14(10)15)20-18(22)16-11-4-5-12(8-11)17(16)19(20)23/h4-7,9,11-12,16-17H,1-3,8H2/t11-,12+,16+,17?/m1/s1. The number of carbonyl (C=O) groups excluding carboxylic acids is 3. The summed E-state index contributed by atoms with van der Waals surface area (Å²) in [5, 5.41) is 0. The van der Waals surface area contributed by atoms with Gasteiger partial charge in [0, 0.05) is 12.0 Å². The predicted molar refractivity (Wildman–Crippen MR) is 83.9 cm³/mol. The van der Waals surface area contributed by atoms with Crippen molar-refractivity contribution < 1.29 is 14.4 Å². The summed E-state index contributed by atoms with van der Waals surface area (Å²) in [7, 11) is 0. The fraction of sp³-hybridized carbons (Fsp3) is 0.421. The summed E-state index contributed by atoms with van der Waals surface area (Å²) in [6.45, 7) is 0. The molecule has 0 aromatic heterocycles. The van der Waals surface area contributed by atoms with Crippen LogP contribution in [0.25, 0.3) is 0 Å². The van der Waals surface area contributed by atoms with Crippen molar-refractivity contribution in [1.29, 1.82) is 0 Å². The van der Waals surface area contributed by atoms with Crippen LogP contribution in [0.2, 0.25) is 0 Å². The van der Waals surface area contributed by atoms with Gasteiger partial charge in [-0.05, 0) is 48.8 Å². The Hall–Kier alpha value is -2.23. The van der Waals surface area contributed by atoms with E-state index < -0.39 is 0 Å². The number of ketones is 1. The molecule has 116 valence electrons. The third kappa shape index (κ3) is 1.64. The third-order valence-corrected chi connectivity index (χ3v) is 5.97. The molecule has 4 heteroatoms. The van der Waals surface area contributed by atoms with Crippen LogP contribution in [0, 0.1) is 23.7 Å². The minimum Gasteiger partial charge on any atom is -0.294 e. The Morgan fingerprint density at radius 3 is 2.30 bits per heavy atom. The van der Waals surface area contributed by atoms with Crippen molar-refractivity contribution in [2.45, 2.75) is 25.7 Å². The molecule has 2 bridgehead atoms. The molecule has 4 nitrogen and oxygen atoms in total. The van der Waals surface area contributed by atoms with Crippen LogP contribution in [0.3, 0.4) is 0 Å². The molecule has 0 N–H and O–H groups in total. The Bertz CT molecular complexity index is 764. The second-order valence-electron chi connectivity index (χ2n) is 7.13. The highest BCUT2D eigenvalue weighted by Crippen LogP contribution is 2.53. The zero-order valence-corrected chi connectivity index (χ0v) is 12.7. The molecule has 5 rings (SSSR count). The summed E-state index contributed by atoms with van der Waals surface area (Å²) in [4.78, 5) is 39.1. The molecule has 1 aromatic carbocycles. The number of Topliss-reactive ketones (excluding diaryl/α,β-unsaturated/α-hetero) is 1. The van der Waals surface area contributed by atoms with Crippen molar-refractivity contribution in [2.24, 2.45) is 23.7 Å². The highest BCUT2D eigenvalue weighted by Gasteiger charge is 2.59. The number of anilines is 1. The largest absolute Gasteiger partial charge is 0.294 e. The third-order valence-electron chi connectivity index (χ3n) is 5.97. The molecule has 4 atom stereocenters. The molecule has 1 saturated carbocycles. The highest BCUT2D eigenvalue weighted by atomic mass is 16.2. The van der Waals surface area contributed by atoms with E-state index in [2.05, 4.69) is 12.2 Å². The van der Waals surface area contributed by atoms with Gasteiger partial charge in [0.1, 0.15) is 0 Å². The number of aryl methyl sites for hydroxylation is 1. The number of benzene rings is 1. The van der Waals surface area contributed by atoms with Gasteiger partial charge in [-0.15, -0.1) is 0 Å². The van der Waals surface area contributed by atoms with E-state index in [-0.39, 0.29) is 41.3 Å². The normalized spacial score (nSPS) is 34.3. The number of rotatable bonds is 1. The SMILES string of the molecule is O=C1CCCc2ccc(N3C(=O)C4[C@@H](C3=O)[C@@H]3C=C[C@H]4C3)cc21. The minimum absolute atomic E-state index is 0.0833. The molecule has 1 aliphatic heterocycles. The van der Waals surface area contributed by atoms with Crippen LogP contribution in [0.15, 0.2) is 30.4 Å². The second-order valence-corrected chi connectivity index (χ2v) is 7.13. The van der Waals surface area contributed by atoms with E-state index in [4.69, 9.17) is 0 Å². The van der Waals surface area contributed by atoms with Crippen molar-refractivity contribution >= 4 is 23.3 Å². The van der Waals surface area contributed by atoms with Gasteiger partial charge in [0.05, 0.1) is 17.5 Å². The Balaban J connectivity index is 1.56. The molecule has 0 radical (unpaired) electrons. The number of fused-ring (bicyclic) bond motifs is 6. The summed E-state index contributed by atoms with van der Waals surface area (Å²) in [6.07, 6.45) is 7.45. The van der Waals surface area contributed by atoms with E-state index in [1.165, 1.54) is 4.90 Å². The van der Waals surface area contributed by atoms with Crippen molar-refractivity contribution in [2.75, 3.05) is 4.90 Å². The van der Waals surface area contributed by atoms with Crippen LogP contribution in [-0.2, 0) is 16.0 Å². The lowest BCUT2D eigenvalue weighted by atomic mass is 9.85. The number of carbonyl (C=O) groups is 3. The van der Waals surface area contributed by atoms with Gasteiger partial charge in [0.2, 0.25) is 11.8 Å². The van der Waals surface area contributed by atoms with Gasteiger partial charge in [-0.3, -0.25) is 14.4 Å². The second kappa shape index (κ2) is 4.40. The number of hydrogen-bond donors (Lipinski definition) is 0. The average Bonchev–Trinajstić information content (AvgIpc) is 3.22. The molecular formula is C19H17NO3. The van der Waals surface area contributed by atoms with Gasteiger partial charge < -0.3 is 0 Å². The molecule has 2 amide bonds. The van der Waals surface area contributed by atoms with Gasteiger partial charge in [0.25, 0.3) is 0 Å². The quantitative estimate of drug-likeness (QED) is 0.592. The summed E-state index contributed by atoms with van der Waals surface area (Å²) >= 11 is 0. The number of imide groups is 1. The fourth-order valence-corrected chi connectivity index (χ4v) is 4.91. The predicted octanol–water partition coefficient (Wildman–Crippen LogP) is 2.52. The van der Waals surface area contributed by atoms with Crippen molar-refractivity contribution in [3.8, 4) is 0 Å². The monoisotopic (exact) mass is 307 g/mol. The molecule has 2 fully saturated rings. The lowest BCUT2D eigenvalue weighted by Crippen LogP contribution is -2.33. The van der Waals surface area contributed by atoms with Gasteiger partial charge in [-0.1, -0.05) is 18.2 Å². The van der Waals surface area contributed by atoms with Crippen LogP contribution < -0.4 is 4.90 Å². The van der Waals surface area contributed by atoms with Gasteiger partial charge in [-0.25, -0.2) is 4.90 Å². The first-order chi connectivity index (χ1) is 11.1. The maximum Gasteiger partial charge on any atom is 0.238 e. The number of hydrogen-bond acceptors (Lipinski definition) is 3. The Morgan fingerprint density at radius 2 is 1.61 bits per heavy atom. The molecule has 4 aliphatic rings. The molecule has 1 heterocycles. The first-order valence-corrected chi connectivity index (χ1v) is 8.37. The van der Waals surface area contributed by atoms with E-state index in [9.17, 15) is 14.4 Å². The molecule has 3 aliphatic carbocycles. The molecule has 1 saturated heterocycles. The average molecular weight is 307 g/mol. The maximum absolute atomic E-state index is 12.8.